The van der Waals surface area contributed by atoms with E-state index in [0.29, 0.717) is 36.1 Å². The lowest BCUT2D eigenvalue weighted by atomic mass is 9.98. The van der Waals surface area contributed by atoms with Gasteiger partial charge in [0.05, 0.1) is 12.3 Å². The summed E-state index contributed by atoms with van der Waals surface area (Å²) in [5.41, 5.74) is 5.50. The second-order valence-electron chi connectivity index (χ2n) is 5.19. The van der Waals surface area contributed by atoms with Gasteiger partial charge in [0.2, 0.25) is 11.1 Å². The Morgan fingerprint density at radius 1 is 1.40 bits per heavy atom. The predicted octanol–water partition coefficient (Wildman–Crippen LogP) is 0.513. The number of likely N-dealkylation sites (tertiary alicyclic amines) is 1. The van der Waals surface area contributed by atoms with E-state index in [9.17, 15) is 4.79 Å². The lowest BCUT2D eigenvalue weighted by Crippen LogP contribution is -2.48. The smallest absolute Gasteiger partial charge is 0.233 e. The van der Waals surface area contributed by atoms with Gasteiger partial charge in [-0.2, -0.15) is 0 Å². The van der Waals surface area contributed by atoms with E-state index in [4.69, 9.17) is 5.73 Å². The fourth-order valence-electron chi connectivity index (χ4n) is 2.68. The van der Waals surface area contributed by atoms with Gasteiger partial charge >= 0.3 is 0 Å². The molecule has 0 spiro atoms. The lowest BCUT2D eigenvalue weighted by Gasteiger charge is -2.39. The first kappa shape index (κ1) is 15.2. The topological polar surface area (TPSA) is 89.9 Å². The summed E-state index contributed by atoms with van der Waals surface area (Å²) in [6.07, 6.45) is 3.38. The molecule has 2 N–H and O–H groups in total. The predicted molar refractivity (Wildman–Crippen MR) is 77.2 cm³/mol. The normalized spacial score (nSPS) is 23.1. The van der Waals surface area contributed by atoms with E-state index >= 15 is 0 Å². The molecule has 2 unspecified atom stereocenters. The van der Waals surface area contributed by atoms with Crippen molar-refractivity contribution in [1.82, 2.24) is 25.1 Å². The van der Waals surface area contributed by atoms with Crippen molar-refractivity contribution in [3.05, 3.63) is 0 Å². The Morgan fingerprint density at radius 2 is 2.10 bits per heavy atom. The van der Waals surface area contributed by atoms with Crippen LogP contribution in [0.4, 0.5) is 0 Å². The molecule has 1 aliphatic rings. The highest BCUT2D eigenvalue weighted by Gasteiger charge is 2.28. The monoisotopic (exact) mass is 298 g/mol. The number of amides is 1. The third kappa shape index (κ3) is 3.49. The van der Waals surface area contributed by atoms with E-state index in [0.717, 1.165) is 12.8 Å². The molecule has 20 heavy (non-hydrogen) atoms. The van der Waals surface area contributed by atoms with Crippen LogP contribution in [-0.2, 0) is 11.3 Å². The number of rotatable bonds is 5. The summed E-state index contributed by atoms with van der Waals surface area (Å²) < 4.78 is 1.64. The largest absolute Gasteiger partial charge is 0.337 e. The van der Waals surface area contributed by atoms with Gasteiger partial charge in [-0.1, -0.05) is 11.8 Å². The van der Waals surface area contributed by atoms with Crippen molar-refractivity contribution < 1.29 is 4.79 Å². The Hall–Kier alpha value is -1.15. The SMILES string of the molecule is CC1CCCC(C)N1C(=O)CSc1nnnn1CCN. The highest BCUT2D eigenvalue weighted by atomic mass is 32.2. The third-order valence-electron chi connectivity index (χ3n) is 3.65. The van der Waals surface area contributed by atoms with Crippen molar-refractivity contribution in [3.8, 4) is 0 Å². The highest BCUT2D eigenvalue weighted by Crippen LogP contribution is 2.24. The van der Waals surface area contributed by atoms with Gasteiger partial charge in [0.25, 0.3) is 0 Å². The average Bonchev–Trinajstić information content (AvgIpc) is 2.84. The fraction of sp³-hybridized carbons (Fsp3) is 0.833. The summed E-state index contributed by atoms with van der Waals surface area (Å²) in [4.78, 5) is 14.4. The minimum atomic E-state index is 0.164. The molecule has 7 nitrogen and oxygen atoms in total. The fourth-order valence-corrected chi connectivity index (χ4v) is 3.45. The van der Waals surface area contributed by atoms with Gasteiger partial charge in [-0.15, -0.1) is 5.10 Å². The summed E-state index contributed by atoms with van der Waals surface area (Å²) in [6.45, 7) is 5.29. The molecule has 112 valence electrons. The molecule has 2 heterocycles. The average molecular weight is 298 g/mol. The van der Waals surface area contributed by atoms with Crippen molar-refractivity contribution in [2.24, 2.45) is 5.73 Å². The maximum absolute atomic E-state index is 12.4. The number of nitrogens with two attached hydrogens (primary N) is 1. The Labute approximate surface area is 123 Å². The molecular weight excluding hydrogens is 276 g/mol. The molecule has 1 aromatic rings. The van der Waals surface area contributed by atoms with Crippen molar-refractivity contribution >= 4 is 17.7 Å². The van der Waals surface area contributed by atoms with Crippen LogP contribution in [0.15, 0.2) is 5.16 Å². The summed E-state index contributed by atoms with van der Waals surface area (Å²) in [5, 5.41) is 12.1. The molecule has 1 aromatic heterocycles. The summed E-state index contributed by atoms with van der Waals surface area (Å²) in [6, 6.07) is 0.652. The first-order valence-electron chi connectivity index (χ1n) is 7.03. The first-order valence-corrected chi connectivity index (χ1v) is 8.02. The molecule has 1 saturated heterocycles. The van der Waals surface area contributed by atoms with Crippen LogP contribution in [0.1, 0.15) is 33.1 Å². The standard InChI is InChI=1S/C12H22N6OS/c1-9-4-3-5-10(2)18(9)11(19)8-20-12-14-15-16-17(12)7-6-13/h9-10H,3-8,13H2,1-2H3. The molecule has 0 aliphatic carbocycles. The number of piperidine rings is 1. The van der Waals surface area contributed by atoms with Gasteiger partial charge in [0.1, 0.15) is 0 Å². The Bertz CT molecular complexity index is 441. The molecule has 2 atom stereocenters. The van der Waals surface area contributed by atoms with Crippen molar-refractivity contribution in [3.63, 3.8) is 0 Å². The number of carbonyl (C=O) groups is 1. The van der Waals surface area contributed by atoms with Gasteiger partial charge in [0.15, 0.2) is 0 Å². The maximum atomic E-state index is 12.4. The van der Waals surface area contributed by atoms with Crippen molar-refractivity contribution in [1.29, 1.82) is 0 Å². The van der Waals surface area contributed by atoms with Crippen LogP contribution in [0.3, 0.4) is 0 Å². The second-order valence-corrected chi connectivity index (χ2v) is 6.13. The lowest BCUT2D eigenvalue weighted by molar-refractivity contribution is -0.134. The molecule has 8 heteroatoms. The summed E-state index contributed by atoms with van der Waals surface area (Å²) in [5.74, 6) is 0.539. The van der Waals surface area contributed by atoms with E-state index in [2.05, 4.69) is 29.4 Å². The van der Waals surface area contributed by atoms with Crippen LogP contribution in [0, 0.1) is 0 Å². The van der Waals surface area contributed by atoms with Crippen LogP contribution in [0.2, 0.25) is 0 Å². The number of tetrazole rings is 1. The molecule has 0 aromatic carbocycles. The quantitative estimate of drug-likeness (QED) is 0.797. The minimum Gasteiger partial charge on any atom is -0.337 e. The van der Waals surface area contributed by atoms with Gasteiger partial charge in [-0.3, -0.25) is 4.79 Å². The van der Waals surface area contributed by atoms with Crippen molar-refractivity contribution in [2.75, 3.05) is 12.3 Å². The number of thioether (sulfide) groups is 1. The zero-order chi connectivity index (χ0) is 14.5. The molecule has 1 fully saturated rings. The van der Waals surface area contributed by atoms with Gasteiger partial charge in [-0.05, 0) is 43.5 Å². The van der Waals surface area contributed by atoms with E-state index in [1.807, 2.05) is 4.90 Å². The number of aromatic nitrogens is 4. The van der Waals surface area contributed by atoms with Crippen molar-refractivity contribution in [2.45, 2.75) is 56.9 Å². The number of nitrogens with zero attached hydrogens (tertiary/aromatic N) is 5. The van der Waals surface area contributed by atoms with Crippen LogP contribution in [-0.4, -0.2) is 55.4 Å². The molecule has 1 aliphatic heterocycles. The Kier molecular flexibility index (Phi) is 5.36. The van der Waals surface area contributed by atoms with Crippen LogP contribution in [0.25, 0.3) is 0 Å². The van der Waals surface area contributed by atoms with E-state index in [-0.39, 0.29) is 5.91 Å². The Morgan fingerprint density at radius 3 is 2.75 bits per heavy atom. The van der Waals surface area contributed by atoms with Gasteiger partial charge in [0, 0.05) is 18.6 Å². The zero-order valence-corrected chi connectivity index (χ0v) is 12.8. The van der Waals surface area contributed by atoms with E-state index < -0.39 is 0 Å². The second kappa shape index (κ2) is 7.03. The number of hydrogen-bond acceptors (Lipinski definition) is 6. The summed E-state index contributed by atoms with van der Waals surface area (Å²) in [7, 11) is 0. The number of hydrogen-bond donors (Lipinski definition) is 1. The van der Waals surface area contributed by atoms with Gasteiger partial charge in [-0.25, -0.2) is 4.68 Å². The molecular formula is C12H22N6OS. The molecule has 0 radical (unpaired) electrons. The van der Waals surface area contributed by atoms with Crippen LogP contribution in [0.5, 0.6) is 0 Å². The van der Waals surface area contributed by atoms with Crippen LogP contribution < -0.4 is 5.73 Å². The highest BCUT2D eigenvalue weighted by molar-refractivity contribution is 7.99. The minimum absolute atomic E-state index is 0.164. The Balaban J connectivity index is 1.92. The molecule has 2 rings (SSSR count). The van der Waals surface area contributed by atoms with E-state index in [1.165, 1.54) is 18.2 Å². The number of carbonyl (C=O) groups excluding carboxylic acids is 1. The first-order chi connectivity index (χ1) is 9.63. The molecule has 1 amide bonds. The molecule has 0 bridgehead atoms. The van der Waals surface area contributed by atoms with E-state index in [1.54, 1.807) is 4.68 Å². The third-order valence-corrected chi connectivity index (χ3v) is 4.59. The van der Waals surface area contributed by atoms with Gasteiger partial charge < -0.3 is 10.6 Å². The maximum Gasteiger partial charge on any atom is 0.233 e. The zero-order valence-electron chi connectivity index (χ0n) is 12.0. The molecule has 0 saturated carbocycles. The summed E-state index contributed by atoms with van der Waals surface area (Å²) >= 11 is 1.38. The van der Waals surface area contributed by atoms with Crippen LogP contribution >= 0.6 is 11.8 Å².